The molecule has 0 aromatic heterocycles. The molecule has 1 N–H and O–H groups in total. The van der Waals surface area contributed by atoms with Gasteiger partial charge < -0.3 is 10.2 Å². The lowest BCUT2D eigenvalue weighted by molar-refractivity contribution is 0.201. The van der Waals surface area contributed by atoms with Gasteiger partial charge in [-0.05, 0) is 58.3 Å². The second-order valence-electron chi connectivity index (χ2n) is 4.44. The molecular weight excluding hydrogens is 148 g/mol. The lowest BCUT2D eigenvalue weighted by atomic mass is 9.92. The van der Waals surface area contributed by atoms with E-state index in [1.807, 2.05) is 0 Å². The van der Waals surface area contributed by atoms with Crippen molar-refractivity contribution in [3.63, 3.8) is 0 Å². The molecule has 0 aromatic carbocycles. The van der Waals surface area contributed by atoms with Crippen LogP contribution >= 0.6 is 0 Å². The summed E-state index contributed by atoms with van der Waals surface area (Å²) in [6.07, 6.45) is 4.30. The molecule has 2 nitrogen and oxygen atoms in total. The molecule has 2 atom stereocenters. The molecule has 2 fully saturated rings. The molecule has 1 saturated carbocycles. The first-order valence-corrected chi connectivity index (χ1v) is 5.17. The molecule has 0 aromatic rings. The van der Waals surface area contributed by atoms with Crippen LogP contribution in [0.5, 0.6) is 0 Å². The average Bonchev–Trinajstić information content (AvgIpc) is 2.85. The Bertz CT molecular complexity index is 150. The lowest BCUT2D eigenvalue weighted by Gasteiger charge is -2.29. The van der Waals surface area contributed by atoms with Gasteiger partial charge in [0.05, 0.1) is 0 Å². The van der Waals surface area contributed by atoms with E-state index in [0.29, 0.717) is 0 Å². The lowest BCUT2D eigenvalue weighted by Crippen LogP contribution is -2.32. The Hall–Kier alpha value is -0.0800. The number of hydrogen-bond acceptors (Lipinski definition) is 2. The molecule has 2 unspecified atom stereocenters. The van der Waals surface area contributed by atoms with Gasteiger partial charge in [0.1, 0.15) is 0 Å². The van der Waals surface area contributed by atoms with Gasteiger partial charge in [0, 0.05) is 6.04 Å². The third-order valence-electron chi connectivity index (χ3n) is 3.58. The van der Waals surface area contributed by atoms with Crippen LogP contribution in [-0.4, -0.2) is 38.1 Å². The van der Waals surface area contributed by atoms with Crippen LogP contribution in [0.25, 0.3) is 0 Å². The zero-order valence-electron chi connectivity index (χ0n) is 8.21. The van der Waals surface area contributed by atoms with E-state index in [9.17, 15) is 0 Å². The van der Waals surface area contributed by atoms with E-state index in [1.165, 1.54) is 32.4 Å². The first kappa shape index (κ1) is 8.52. The maximum absolute atomic E-state index is 3.38. The van der Waals surface area contributed by atoms with E-state index in [-0.39, 0.29) is 0 Å². The number of piperidine rings is 1. The highest BCUT2D eigenvalue weighted by Crippen LogP contribution is 2.41. The van der Waals surface area contributed by atoms with Crippen molar-refractivity contribution in [3.05, 3.63) is 0 Å². The first-order chi connectivity index (χ1) is 5.81. The summed E-state index contributed by atoms with van der Waals surface area (Å²) in [5.74, 6) is 2.04. The molecule has 1 aliphatic heterocycles. The molecule has 70 valence electrons. The average molecular weight is 168 g/mol. The summed E-state index contributed by atoms with van der Waals surface area (Å²) >= 11 is 0. The Kier molecular flexibility index (Phi) is 2.37. The van der Waals surface area contributed by atoms with Gasteiger partial charge in [-0.3, -0.25) is 0 Å². The van der Waals surface area contributed by atoms with Gasteiger partial charge in [0.2, 0.25) is 0 Å². The second kappa shape index (κ2) is 3.35. The Labute approximate surface area is 75.3 Å². The third kappa shape index (κ3) is 1.64. The molecule has 2 rings (SSSR count). The number of hydrogen-bond donors (Lipinski definition) is 1. The fourth-order valence-electron chi connectivity index (χ4n) is 2.52. The molecule has 12 heavy (non-hydrogen) atoms. The Morgan fingerprint density at radius 1 is 1.25 bits per heavy atom. The molecular formula is C10H20N2. The van der Waals surface area contributed by atoms with Gasteiger partial charge in [0.15, 0.2) is 0 Å². The van der Waals surface area contributed by atoms with Gasteiger partial charge in [-0.25, -0.2) is 0 Å². The predicted molar refractivity (Wildman–Crippen MR) is 51.2 cm³/mol. The molecule has 2 aliphatic rings. The summed E-state index contributed by atoms with van der Waals surface area (Å²) in [6.45, 7) is 2.63. The van der Waals surface area contributed by atoms with Gasteiger partial charge >= 0.3 is 0 Å². The smallest absolute Gasteiger partial charge is 0.00988 e. The van der Waals surface area contributed by atoms with Crippen LogP contribution in [0, 0.1) is 11.8 Å². The molecule has 1 saturated heterocycles. The van der Waals surface area contributed by atoms with Crippen molar-refractivity contribution in [1.29, 1.82) is 0 Å². The highest BCUT2D eigenvalue weighted by molar-refractivity contribution is 4.97. The van der Waals surface area contributed by atoms with Crippen molar-refractivity contribution >= 4 is 0 Å². The van der Waals surface area contributed by atoms with Crippen LogP contribution in [0.1, 0.15) is 19.3 Å². The molecule has 0 bridgehead atoms. The number of rotatable bonds is 2. The van der Waals surface area contributed by atoms with Gasteiger partial charge in [0.25, 0.3) is 0 Å². The van der Waals surface area contributed by atoms with Crippen molar-refractivity contribution in [1.82, 2.24) is 10.2 Å². The summed E-state index contributed by atoms with van der Waals surface area (Å²) < 4.78 is 0. The van der Waals surface area contributed by atoms with Crippen LogP contribution in [0.15, 0.2) is 0 Å². The van der Waals surface area contributed by atoms with Crippen LogP contribution in [0.2, 0.25) is 0 Å². The fraction of sp³-hybridized carbons (Fsp3) is 1.00. The van der Waals surface area contributed by atoms with Crippen LogP contribution in [0.4, 0.5) is 0 Å². The normalized spacial score (nSPS) is 38.5. The van der Waals surface area contributed by atoms with E-state index >= 15 is 0 Å². The van der Waals surface area contributed by atoms with Crippen molar-refractivity contribution in [2.24, 2.45) is 11.8 Å². The number of nitrogens with zero attached hydrogens (tertiary/aromatic N) is 1. The zero-order chi connectivity index (χ0) is 8.55. The maximum Gasteiger partial charge on any atom is 0.00988 e. The predicted octanol–water partition coefficient (Wildman–Crippen LogP) is 0.936. The van der Waals surface area contributed by atoms with Crippen molar-refractivity contribution in [3.8, 4) is 0 Å². The number of likely N-dealkylation sites (tertiary alicyclic amines) is 1. The largest absolute Gasteiger partial charge is 0.317 e. The standard InChI is InChI=1S/C10H20N2/c1-11-10-7-9(10)8-3-5-12(2)6-4-8/h8-11H,3-7H2,1-2H3. The van der Waals surface area contributed by atoms with E-state index in [2.05, 4.69) is 24.3 Å². The van der Waals surface area contributed by atoms with E-state index < -0.39 is 0 Å². The minimum absolute atomic E-state index is 0.860. The van der Waals surface area contributed by atoms with Gasteiger partial charge in [-0.1, -0.05) is 0 Å². The second-order valence-corrected chi connectivity index (χ2v) is 4.44. The Balaban J connectivity index is 1.76. The fourth-order valence-corrected chi connectivity index (χ4v) is 2.52. The summed E-state index contributed by atoms with van der Waals surface area (Å²) in [5, 5.41) is 3.38. The van der Waals surface area contributed by atoms with Crippen LogP contribution in [0.3, 0.4) is 0 Å². The summed E-state index contributed by atoms with van der Waals surface area (Å²) in [5.41, 5.74) is 0. The van der Waals surface area contributed by atoms with Crippen LogP contribution < -0.4 is 5.32 Å². The highest BCUT2D eigenvalue weighted by atomic mass is 15.1. The number of nitrogens with one attached hydrogen (secondary N) is 1. The quantitative estimate of drug-likeness (QED) is 0.660. The minimum atomic E-state index is 0.860. The summed E-state index contributed by atoms with van der Waals surface area (Å²) in [6, 6.07) is 0.860. The van der Waals surface area contributed by atoms with Crippen molar-refractivity contribution in [2.45, 2.75) is 25.3 Å². The molecule has 2 heteroatoms. The monoisotopic (exact) mass is 168 g/mol. The Morgan fingerprint density at radius 2 is 1.92 bits per heavy atom. The molecule has 1 heterocycles. The van der Waals surface area contributed by atoms with E-state index in [1.54, 1.807) is 0 Å². The molecule has 0 spiro atoms. The van der Waals surface area contributed by atoms with Crippen molar-refractivity contribution in [2.75, 3.05) is 27.2 Å². The highest BCUT2D eigenvalue weighted by Gasteiger charge is 2.42. The minimum Gasteiger partial charge on any atom is -0.317 e. The first-order valence-electron chi connectivity index (χ1n) is 5.17. The summed E-state index contributed by atoms with van der Waals surface area (Å²) in [4.78, 5) is 2.45. The molecule has 1 aliphatic carbocycles. The van der Waals surface area contributed by atoms with E-state index in [0.717, 1.165) is 17.9 Å². The SMILES string of the molecule is CNC1CC1C1CCN(C)CC1. The third-order valence-corrected chi connectivity index (χ3v) is 3.58. The topological polar surface area (TPSA) is 15.3 Å². The zero-order valence-corrected chi connectivity index (χ0v) is 8.21. The summed E-state index contributed by atoms with van der Waals surface area (Å²) in [7, 11) is 4.33. The van der Waals surface area contributed by atoms with Gasteiger partial charge in [-0.2, -0.15) is 0 Å². The molecule has 0 radical (unpaired) electrons. The molecule has 0 amide bonds. The maximum atomic E-state index is 3.38. The van der Waals surface area contributed by atoms with Crippen molar-refractivity contribution < 1.29 is 0 Å². The van der Waals surface area contributed by atoms with Crippen LogP contribution in [-0.2, 0) is 0 Å². The van der Waals surface area contributed by atoms with Gasteiger partial charge in [-0.15, -0.1) is 0 Å². The van der Waals surface area contributed by atoms with E-state index in [4.69, 9.17) is 0 Å². The Morgan fingerprint density at radius 3 is 2.42 bits per heavy atom.